The summed E-state index contributed by atoms with van der Waals surface area (Å²) in [5.41, 5.74) is 0. The SMILES string of the molecule is CCN(CC1CCNCC1)S(=O)(=O)c1cncc(Br)c1. The molecule has 1 N–H and O–H groups in total. The van der Waals surface area contributed by atoms with Crippen molar-refractivity contribution in [3.63, 3.8) is 0 Å². The highest BCUT2D eigenvalue weighted by molar-refractivity contribution is 9.10. The molecule has 0 bridgehead atoms. The molecule has 5 nitrogen and oxygen atoms in total. The van der Waals surface area contributed by atoms with Crippen LogP contribution in [-0.4, -0.2) is 43.9 Å². The summed E-state index contributed by atoms with van der Waals surface area (Å²) < 4.78 is 27.5. The van der Waals surface area contributed by atoms with Gasteiger partial charge in [-0.3, -0.25) is 4.98 Å². The van der Waals surface area contributed by atoms with Crippen LogP contribution in [-0.2, 0) is 10.0 Å². The Hall–Kier alpha value is -0.500. The van der Waals surface area contributed by atoms with Crippen LogP contribution in [0.1, 0.15) is 19.8 Å². The molecule has 112 valence electrons. The fraction of sp³-hybridized carbons (Fsp3) is 0.615. The van der Waals surface area contributed by atoms with E-state index >= 15 is 0 Å². The molecule has 1 saturated heterocycles. The number of aromatic nitrogens is 1. The predicted molar refractivity (Wildman–Crippen MR) is 82.0 cm³/mol. The van der Waals surface area contributed by atoms with Gasteiger partial charge in [0.25, 0.3) is 0 Å². The summed E-state index contributed by atoms with van der Waals surface area (Å²) in [7, 11) is -3.45. The van der Waals surface area contributed by atoms with Gasteiger partial charge in [-0.15, -0.1) is 0 Å². The summed E-state index contributed by atoms with van der Waals surface area (Å²) in [6, 6.07) is 1.60. The van der Waals surface area contributed by atoms with Crippen LogP contribution in [0.15, 0.2) is 27.8 Å². The van der Waals surface area contributed by atoms with E-state index in [1.165, 1.54) is 6.20 Å². The van der Waals surface area contributed by atoms with E-state index in [1.807, 2.05) is 6.92 Å². The van der Waals surface area contributed by atoms with E-state index in [0.717, 1.165) is 25.9 Å². The zero-order valence-electron chi connectivity index (χ0n) is 11.5. The number of hydrogen-bond acceptors (Lipinski definition) is 4. The van der Waals surface area contributed by atoms with Crippen LogP contribution in [0.5, 0.6) is 0 Å². The summed E-state index contributed by atoms with van der Waals surface area (Å²) in [5.74, 6) is 0.436. The normalized spacial score (nSPS) is 17.6. The van der Waals surface area contributed by atoms with Gasteiger partial charge in [0.2, 0.25) is 10.0 Å². The van der Waals surface area contributed by atoms with Gasteiger partial charge in [0.05, 0.1) is 0 Å². The molecule has 1 aromatic rings. The van der Waals surface area contributed by atoms with Gasteiger partial charge >= 0.3 is 0 Å². The minimum Gasteiger partial charge on any atom is -0.317 e. The molecule has 0 radical (unpaired) electrons. The average molecular weight is 362 g/mol. The van der Waals surface area contributed by atoms with Crippen molar-refractivity contribution in [3.05, 3.63) is 22.9 Å². The van der Waals surface area contributed by atoms with E-state index in [9.17, 15) is 8.42 Å². The van der Waals surface area contributed by atoms with Crippen LogP contribution in [0.2, 0.25) is 0 Å². The van der Waals surface area contributed by atoms with Crippen molar-refractivity contribution >= 4 is 26.0 Å². The second kappa shape index (κ2) is 6.98. The van der Waals surface area contributed by atoms with Crippen molar-refractivity contribution in [2.24, 2.45) is 5.92 Å². The fourth-order valence-corrected chi connectivity index (χ4v) is 4.46. The summed E-state index contributed by atoms with van der Waals surface area (Å²) in [5, 5.41) is 3.30. The largest absolute Gasteiger partial charge is 0.317 e. The Labute approximate surface area is 129 Å². The van der Waals surface area contributed by atoms with Gasteiger partial charge in [0.15, 0.2) is 0 Å². The lowest BCUT2D eigenvalue weighted by Crippen LogP contribution is -2.39. The van der Waals surface area contributed by atoms with E-state index in [2.05, 4.69) is 26.2 Å². The number of rotatable bonds is 5. The minimum absolute atomic E-state index is 0.252. The van der Waals surface area contributed by atoms with Gasteiger partial charge in [-0.2, -0.15) is 4.31 Å². The average Bonchev–Trinajstić information content (AvgIpc) is 2.45. The van der Waals surface area contributed by atoms with Crippen molar-refractivity contribution in [1.29, 1.82) is 0 Å². The van der Waals surface area contributed by atoms with Crippen LogP contribution in [0.4, 0.5) is 0 Å². The van der Waals surface area contributed by atoms with E-state index < -0.39 is 10.0 Å². The maximum absolute atomic E-state index is 12.6. The van der Waals surface area contributed by atoms with E-state index in [0.29, 0.717) is 23.5 Å². The molecule has 0 aliphatic carbocycles. The van der Waals surface area contributed by atoms with Crippen molar-refractivity contribution in [2.45, 2.75) is 24.7 Å². The molecule has 2 rings (SSSR count). The maximum atomic E-state index is 12.6. The highest BCUT2D eigenvalue weighted by Crippen LogP contribution is 2.21. The van der Waals surface area contributed by atoms with Crippen molar-refractivity contribution in [3.8, 4) is 0 Å². The molecule has 7 heteroatoms. The molecule has 1 fully saturated rings. The topological polar surface area (TPSA) is 62.3 Å². The first-order valence-corrected chi connectivity index (χ1v) is 9.08. The molecule has 1 aliphatic heterocycles. The molecule has 0 saturated carbocycles. The third-order valence-electron chi connectivity index (χ3n) is 3.59. The zero-order valence-corrected chi connectivity index (χ0v) is 14.0. The van der Waals surface area contributed by atoms with Crippen molar-refractivity contribution in [1.82, 2.24) is 14.6 Å². The smallest absolute Gasteiger partial charge is 0.244 e. The summed E-state index contributed by atoms with van der Waals surface area (Å²) >= 11 is 3.27. The maximum Gasteiger partial charge on any atom is 0.244 e. The molecule has 0 unspecified atom stereocenters. The van der Waals surface area contributed by atoms with Crippen LogP contribution < -0.4 is 5.32 Å². The van der Waals surface area contributed by atoms with Gasteiger partial charge in [-0.1, -0.05) is 6.92 Å². The van der Waals surface area contributed by atoms with E-state index in [-0.39, 0.29) is 4.90 Å². The summed E-state index contributed by atoms with van der Waals surface area (Å²) in [4.78, 5) is 4.20. The summed E-state index contributed by atoms with van der Waals surface area (Å²) in [6.07, 6.45) is 5.05. The molecule has 2 heterocycles. The molecule has 20 heavy (non-hydrogen) atoms. The zero-order chi connectivity index (χ0) is 14.6. The molecule has 0 aromatic carbocycles. The number of piperidine rings is 1. The van der Waals surface area contributed by atoms with Crippen LogP contribution in [0, 0.1) is 5.92 Å². The molecule has 1 aromatic heterocycles. The lowest BCUT2D eigenvalue weighted by atomic mass is 9.98. The fourth-order valence-electron chi connectivity index (χ4n) is 2.43. The summed E-state index contributed by atoms with van der Waals surface area (Å²) in [6.45, 7) is 4.90. The molecule has 1 aliphatic rings. The first kappa shape index (κ1) is 15.9. The number of nitrogens with one attached hydrogen (secondary N) is 1. The second-order valence-electron chi connectivity index (χ2n) is 4.99. The van der Waals surface area contributed by atoms with Crippen LogP contribution in [0.25, 0.3) is 0 Å². The van der Waals surface area contributed by atoms with Gasteiger partial charge in [0, 0.05) is 30.0 Å². The van der Waals surface area contributed by atoms with Gasteiger partial charge in [-0.25, -0.2) is 8.42 Å². The Morgan fingerprint density at radius 2 is 2.10 bits per heavy atom. The van der Waals surface area contributed by atoms with Gasteiger partial charge in [-0.05, 0) is 53.8 Å². The van der Waals surface area contributed by atoms with E-state index in [1.54, 1.807) is 16.6 Å². The number of pyridine rings is 1. The second-order valence-corrected chi connectivity index (χ2v) is 7.84. The third kappa shape index (κ3) is 3.78. The minimum atomic E-state index is -3.45. The third-order valence-corrected chi connectivity index (χ3v) is 5.93. The van der Waals surface area contributed by atoms with Crippen molar-refractivity contribution in [2.75, 3.05) is 26.2 Å². The molecular weight excluding hydrogens is 342 g/mol. The standard InChI is InChI=1S/C13H20BrN3O2S/c1-2-17(10-11-3-5-15-6-4-11)20(18,19)13-7-12(14)8-16-9-13/h7-9,11,15H,2-6,10H2,1H3. The Morgan fingerprint density at radius 3 is 2.70 bits per heavy atom. The monoisotopic (exact) mass is 361 g/mol. The van der Waals surface area contributed by atoms with Gasteiger partial charge in [0.1, 0.15) is 4.90 Å². The number of nitrogens with zero attached hydrogens (tertiary/aromatic N) is 2. The lowest BCUT2D eigenvalue weighted by Gasteiger charge is -2.28. The molecule has 0 atom stereocenters. The van der Waals surface area contributed by atoms with Crippen molar-refractivity contribution < 1.29 is 8.42 Å². The van der Waals surface area contributed by atoms with Crippen LogP contribution in [0.3, 0.4) is 0 Å². The lowest BCUT2D eigenvalue weighted by molar-refractivity contribution is 0.294. The number of halogens is 1. The molecule has 0 amide bonds. The Balaban J connectivity index is 2.16. The number of sulfonamides is 1. The van der Waals surface area contributed by atoms with Gasteiger partial charge < -0.3 is 5.32 Å². The predicted octanol–water partition coefficient (Wildman–Crippen LogP) is 1.85. The number of hydrogen-bond donors (Lipinski definition) is 1. The highest BCUT2D eigenvalue weighted by atomic mass is 79.9. The first-order chi connectivity index (χ1) is 9.54. The Morgan fingerprint density at radius 1 is 1.40 bits per heavy atom. The highest BCUT2D eigenvalue weighted by Gasteiger charge is 2.27. The Kier molecular flexibility index (Phi) is 5.54. The molecule has 0 spiro atoms. The quantitative estimate of drug-likeness (QED) is 0.869. The van der Waals surface area contributed by atoms with E-state index in [4.69, 9.17) is 0 Å². The molecular formula is C13H20BrN3O2S. The van der Waals surface area contributed by atoms with Crippen LogP contribution >= 0.6 is 15.9 Å². The Bertz CT molecular complexity index is 544. The first-order valence-electron chi connectivity index (χ1n) is 6.85.